The van der Waals surface area contributed by atoms with E-state index in [1.807, 2.05) is 0 Å². The van der Waals surface area contributed by atoms with Gasteiger partial charge in [0.25, 0.3) is 0 Å². The number of carbonyl (C=O) groups excluding carboxylic acids is 1. The van der Waals surface area contributed by atoms with Crippen LogP contribution in [0.2, 0.25) is 0 Å². The molecule has 0 bridgehead atoms. The van der Waals surface area contributed by atoms with E-state index in [4.69, 9.17) is 0 Å². The number of hydrogen-bond donors (Lipinski definition) is 1. The number of hydrogen-bond acceptors (Lipinski definition) is 2. The van der Waals surface area contributed by atoms with Crippen LogP contribution in [-0.2, 0) is 4.79 Å². The average molecular weight is 280 g/mol. The molecule has 2 aliphatic rings. The summed E-state index contributed by atoms with van der Waals surface area (Å²) in [4.78, 5) is 15.0. The number of nitrogens with one attached hydrogen (secondary N) is 1. The van der Waals surface area contributed by atoms with Gasteiger partial charge in [-0.15, -0.1) is 0 Å². The molecule has 3 atom stereocenters. The van der Waals surface area contributed by atoms with Gasteiger partial charge in [0.15, 0.2) is 0 Å². The second-order valence-electron chi connectivity index (χ2n) is 7.78. The maximum Gasteiger partial charge on any atom is 0.241 e. The van der Waals surface area contributed by atoms with Crippen LogP contribution in [-0.4, -0.2) is 29.1 Å². The van der Waals surface area contributed by atoms with Gasteiger partial charge in [-0.05, 0) is 37.5 Å². The Hall–Kier alpha value is -0.570. The number of nitrogens with zero attached hydrogens (tertiary/aromatic N) is 1. The van der Waals surface area contributed by atoms with Gasteiger partial charge in [-0.25, -0.2) is 0 Å². The van der Waals surface area contributed by atoms with Crippen LogP contribution in [0.5, 0.6) is 0 Å². The molecule has 2 fully saturated rings. The Labute approximate surface area is 124 Å². The molecule has 1 N–H and O–H groups in total. The van der Waals surface area contributed by atoms with Gasteiger partial charge >= 0.3 is 0 Å². The maximum atomic E-state index is 12.8. The second-order valence-corrected chi connectivity index (χ2v) is 7.78. The zero-order valence-electron chi connectivity index (χ0n) is 13.9. The molecule has 3 unspecified atom stereocenters. The van der Waals surface area contributed by atoms with E-state index in [1.165, 1.54) is 25.7 Å². The average Bonchev–Trinajstić information content (AvgIpc) is 2.97. The summed E-state index contributed by atoms with van der Waals surface area (Å²) in [5, 5.41) is 3.66. The minimum Gasteiger partial charge on any atom is -0.322 e. The van der Waals surface area contributed by atoms with Crippen LogP contribution in [0.25, 0.3) is 0 Å². The predicted octanol–water partition coefficient (Wildman–Crippen LogP) is 3.54. The van der Waals surface area contributed by atoms with Gasteiger partial charge in [-0.2, -0.15) is 0 Å². The Morgan fingerprint density at radius 1 is 1.30 bits per heavy atom. The predicted molar refractivity (Wildman–Crippen MR) is 83.3 cm³/mol. The maximum absolute atomic E-state index is 12.8. The summed E-state index contributed by atoms with van der Waals surface area (Å²) in [7, 11) is 0. The zero-order chi connectivity index (χ0) is 14.9. The standard InChI is InChI=1S/C17H32N2O/c1-6-9-14-16(20)19(12(2)17(3,4)5)15(18-14)13-10-7-8-11-13/h12-15,18H,6-11H2,1-5H3. The van der Waals surface area contributed by atoms with E-state index in [1.54, 1.807) is 0 Å². The summed E-state index contributed by atoms with van der Waals surface area (Å²) in [6, 6.07) is 0.338. The second kappa shape index (κ2) is 6.05. The molecule has 0 aromatic carbocycles. The molecular formula is C17H32N2O. The Kier molecular flexibility index (Phi) is 4.78. The monoisotopic (exact) mass is 280 g/mol. The van der Waals surface area contributed by atoms with Gasteiger partial charge in [0.2, 0.25) is 5.91 Å². The van der Waals surface area contributed by atoms with E-state index in [-0.39, 0.29) is 23.7 Å². The molecule has 0 aromatic heterocycles. The van der Waals surface area contributed by atoms with Crippen LogP contribution in [0.4, 0.5) is 0 Å². The Balaban J connectivity index is 2.20. The highest BCUT2D eigenvalue weighted by Gasteiger charge is 2.46. The Morgan fingerprint density at radius 3 is 2.40 bits per heavy atom. The van der Waals surface area contributed by atoms with Crippen LogP contribution >= 0.6 is 0 Å². The molecule has 1 aliphatic heterocycles. The van der Waals surface area contributed by atoms with Gasteiger partial charge in [0, 0.05) is 6.04 Å². The third kappa shape index (κ3) is 3.03. The third-order valence-corrected chi connectivity index (χ3v) is 5.32. The summed E-state index contributed by atoms with van der Waals surface area (Å²) in [6.07, 6.45) is 7.51. The molecule has 0 aromatic rings. The van der Waals surface area contributed by atoms with Crippen LogP contribution in [0.1, 0.15) is 73.1 Å². The van der Waals surface area contributed by atoms with Crippen molar-refractivity contribution in [2.75, 3.05) is 0 Å². The molecule has 2 rings (SSSR count). The highest BCUT2D eigenvalue weighted by Crippen LogP contribution is 2.36. The zero-order valence-corrected chi connectivity index (χ0v) is 13.9. The van der Waals surface area contributed by atoms with Crippen molar-refractivity contribution in [2.45, 2.75) is 91.4 Å². The van der Waals surface area contributed by atoms with E-state index in [9.17, 15) is 4.79 Å². The third-order valence-electron chi connectivity index (χ3n) is 5.32. The molecule has 1 heterocycles. The molecule has 3 heteroatoms. The first-order chi connectivity index (χ1) is 9.36. The molecule has 0 spiro atoms. The van der Waals surface area contributed by atoms with E-state index in [0.717, 1.165) is 12.8 Å². The molecule has 1 saturated heterocycles. The first-order valence-electron chi connectivity index (χ1n) is 8.44. The van der Waals surface area contributed by atoms with Crippen molar-refractivity contribution < 1.29 is 4.79 Å². The number of amides is 1. The highest BCUT2D eigenvalue weighted by molar-refractivity contribution is 5.84. The lowest BCUT2D eigenvalue weighted by Gasteiger charge is -2.40. The van der Waals surface area contributed by atoms with Crippen molar-refractivity contribution >= 4 is 5.91 Å². The van der Waals surface area contributed by atoms with Gasteiger partial charge < -0.3 is 4.90 Å². The minimum atomic E-state index is 0.0513. The molecule has 1 saturated carbocycles. The first kappa shape index (κ1) is 15.8. The van der Waals surface area contributed by atoms with Crippen molar-refractivity contribution in [3.8, 4) is 0 Å². The minimum absolute atomic E-state index is 0.0513. The lowest BCUT2D eigenvalue weighted by molar-refractivity contribution is -0.135. The van der Waals surface area contributed by atoms with E-state index < -0.39 is 0 Å². The fourth-order valence-corrected chi connectivity index (χ4v) is 3.66. The van der Waals surface area contributed by atoms with Crippen molar-refractivity contribution in [2.24, 2.45) is 11.3 Å². The lowest BCUT2D eigenvalue weighted by Crippen LogP contribution is -2.51. The first-order valence-corrected chi connectivity index (χ1v) is 8.44. The Bertz CT molecular complexity index is 341. The Morgan fingerprint density at radius 2 is 1.90 bits per heavy atom. The number of rotatable bonds is 4. The highest BCUT2D eigenvalue weighted by atomic mass is 16.2. The lowest BCUT2D eigenvalue weighted by atomic mass is 9.86. The summed E-state index contributed by atoms with van der Waals surface area (Å²) >= 11 is 0. The molecule has 1 aliphatic carbocycles. The SMILES string of the molecule is CCCC1NC(C2CCCC2)N(C(C)C(C)(C)C)C1=O. The molecule has 116 valence electrons. The van der Waals surface area contributed by atoms with E-state index >= 15 is 0 Å². The van der Waals surface area contributed by atoms with Crippen LogP contribution in [0.3, 0.4) is 0 Å². The van der Waals surface area contributed by atoms with Gasteiger partial charge in [0.05, 0.1) is 12.2 Å². The topological polar surface area (TPSA) is 32.3 Å². The van der Waals surface area contributed by atoms with Crippen molar-refractivity contribution in [1.82, 2.24) is 10.2 Å². The quantitative estimate of drug-likeness (QED) is 0.854. The number of carbonyl (C=O) groups is 1. The van der Waals surface area contributed by atoms with Crippen LogP contribution < -0.4 is 5.32 Å². The fraction of sp³-hybridized carbons (Fsp3) is 0.941. The largest absolute Gasteiger partial charge is 0.322 e. The van der Waals surface area contributed by atoms with Crippen LogP contribution in [0.15, 0.2) is 0 Å². The van der Waals surface area contributed by atoms with Gasteiger partial charge in [0.1, 0.15) is 0 Å². The molecule has 20 heavy (non-hydrogen) atoms. The fourth-order valence-electron chi connectivity index (χ4n) is 3.66. The summed E-state index contributed by atoms with van der Waals surface area (Å²) in [5.74, 6) is 0.997. The summed E-state index contributed by atoms with van der Waals surface area (Å²) in [6.45, 7) is 11.1. The van der Waals surface area contributed by atoms with Crippen LogP contribution in [0, 0.1) is 11.3 Å². The van der Waals surface area contributed by atoms with E-state index in [0.29, 0.717) is 11.8 Å². The summed E-state index contributed by atoms with van der Waals surface area (Å²) < 4.78 is 0. The molecule has 0 radical (unpaired) electrons. The summed E-state index contributed by atoms with van der Waals surface area (Å²) in [5.41, 5.74) is 0.134. The molecule has 1 amide bonds. The van der Waals surface area contributed by atoms with Crippen molar-refractivity contribution in [3.63, 3.8) is 0 Å². The van der Waals surface area contributed by atoms with Gasteiger partial charge in [-0.1, -0.05) is 47.0 Å². The molecular weight excluding hydrogens is 248 g/mol. The molecule has 3 nitrogen and oxygen atoms in total. The smallest absolute Gasteiger partial charge is 0.241 e. The normalized spacial score (nSPS) is 30.2. The van der Waals surface area contributed by atoms with Crippen molar-refractivity contribution in [3.05, 3.63) is 0 Å². The van der Waals surface area contributed by atoms with Gasteiger partial charge in [-0.3, -0.25) is 10.1 Å². The van der Waals surface area contributed by atoms with Crippen molar-refractivity contribution in [1.29, 1.82) is 0 Å². The van der Waals surface area contributed by atoms with E-state index in [2.05, 4.69) is 44.8 Å².